The molecule has 0 aliphatic carbocycles. The molecule has 2 aromatic rings. The van der Waals surface area contributed by atoms with Crippen LogP contribution in [0.5, 0.6) is 0 Å². The molecule has 1 unspecified atom stereocenters. The molecule has 0 aliphatic rings. The van der Waals surface area contributed by atoms with Crippen molar-refractivity contribution in [1.29, 1.82) is 0 Å². The van der Waals surface area contributed by atoms with E-state index < -0.39 is 5.97 Å². The predicted octanol–water partition coefficient (Wildman–Crippen LogP) is 3.80. The third kappa shape index (κ3) is 2.65. The molecule has 2 N–H and O–H groups in total. The van der Waals surface area contributed by atoms with Gasteiger partial charge in [0.15, 0.2) is 0 Å². The van der Waals surface area contributed by atoms with Crippen molar-refractivity contribution in [3.63, 3.8) is 0 Å². The molecule has 0 saturated heterocycles. The Kier molecular flexibility index (Phi) is 3.58. The Hall–Kier alpha value is -1.94. The number of rotatable bonds is 4. The summed E-state index contributed by atoms with van der Waals surface area (Å²) in [7, 11) is 0. The third-order valence-electron chi connectivity index (χ3n) is 2.51. The lowest BCUT2D eigenvalue weighted by Gasteiger charge is -2.13. The highest BCUT2D eigenvalue weighted by atomic mass is 35.5. The molecule has 0 spiro atoms. The van der Waals surface area contributed by atoms with Crippen LogP contribution in [0.15, 0.2) is 40.8 Å². The molecule has 1 aromatic heterocycles. The second-order valence-corrected chi connectivity index (χ2v) is 4.26. The lowest BCUT2D eigenvalue weighted by Crippen LogP contribution is -2.06. The predicted molar refractivity (Wildman–Crippen MR) is 69.2 cm³/mol. The Morgan fingerprint density at radius 2 is 2.06 bits per heavy atom. The van der Waals surface area contributed by atoms with Gasteiger partial charge in [0, 0.05) is 0 Å². The molecule has 0 aliphatic heterocycles. The van der Waals surface area contributed by atoms with Gasteiger partial charge in [-0.3, -0.25) is 0 Å². The van der Waals surface area contributed by atoms with Gasteiger partial charge < -0.3 is 14.8 Å². The van der Waals surface area contributed by atoms with E-state index in [4.69, 9.17) is 21.1 Å². The molecule has 1 aromatic carbocycles. The van der Waals surface area contributed by atoms with Gasteiger partial charge in [0.1, 0.15) is 5.76 Å². The number of halogens is 1. The zero-order chi connectivity index (χ0) is 13.1. The second kappa shape index (κ2) is 5.14. The number of benzene rings is 1. The highest BCUT2D eigenvalue weighted by Crippen LogP contribution is 2.26. The van der Waals surface area contributed by atoms with Gasteiger partial charge in [-0.2, -0.15) is 0 Å². The van der Waals surface area contributed by atoms with Crippen LogP contribution in [0.4, 0.5) is 5.69 Å². The van der Waals surface area contributed by atoms with Crippen LogP contribution in [0.1, 0.15) is 29.3 Å². The molecule has 1 atom stereocenters. The second-order valence-electron chi connectivity index (χ2n) is 3.85. The average Bonchev–Trinajstić information content (AvgIpc) is 2.81. The minimum absolute atomic E-state index is 0.0715. The first-order valence-corrected chi connectivity index (χ1v) is 5.80. The number of carboxylic acid groups (broad SMARTS) is 1. The normalized spacial score (nSPS) is 12.1. The van der Waals surface area contributed by atoms with E-state index in [-0.39, 0.29) is 11.8 Å². The van der Waals surface area contributed by atoms with Crippen molar-refractivity contribution in [1.82, 2.24) is 0 Å². The summed E-state index contributed by atoms with van der Waals surface area (Å²) in [6, 6.07) is 10.2. The first kappa shape index (κ1) is 12.5. The number of hydrogen-bond acceptors (Lipinski definition) is 3. The van der Waals surface area contributed by atoms with Crippen LogP contribution in [0, 0.1) is 0 Å². The fourth-order valence-electron chi connectivity index (χ4n) is 1.58. The van der Waals surface area contributed by atoms with Crippen LogP contribution in [-0.2, 0) is 0 Å². The Morgan fingerprint density at radius 3 is 2.67 bits per heavy atom. The number of aromatic carboxylic acids is 1. The maximum absolute atomic E-state index is 10.7. The molecule has 2 rings (SSSR count). The standard InChI is InChI=1S/C13H12ClNO3/c1-8(11-6-7-12(18-11)13(16)17)15-10-5-3-2-4-9(10)14/h2-8,15H,1H3,(H,16,17). The van der Waals surface area contributed by atoms with Crippen LogP contribution < -0.4 is 5.32 Å². The average molecular weight is 266 g/mol. The number of carboxylic acids is 1. The molecule has 0 saturated carbocycles. The van der Waals surface area contributed by atoms with Gasteiger partial charge in [-0.05, 0) is 31.2 Å². The number of nitrogens with one attached hydrogen (secondary N) is 1. The summed E-state index contributed by atoms with van der Waals surface area (Å²) in [6.07, 6.45) is 0. The lowest BCUT2D eigenvalue weighted by atomic mass is 10.2. The SMILES string of the molecule is CC(Nc1ccccc1Cl)c1ccc(C(=O)O)o1. The molecule has 0 amide bonds. The first-order chi connectivity index (χ1) is 8.58. The number of carbonyl (C=O) groups is 1. The minimum Gasteiger partial charge on any atom is -0.475 e. The van der Waals surface area contributed by atoms with Crippen LogP contribution in [0.2, 0.25) is 5.02 Å². The molecule has 94 valence electrons. The van der Waals surface area contributed by atoms with E-state index in [0.29, 0.717) is 10.8 Å². The van der Waals surface area contributed by atoms with Gasteiger partial charge >= 0.3 is 5.97 Å². The van der Waals surface area contributed by atoms with E-state index in [1.165, 1.54) is 6.07 Å². The topological polar surface area (TPSA) is 62.5 Å². The van der Waals surface area contributed by atoms with Crippen molar-refractivity contribution in [3.8, 4) is 0 Å². The quantitative estimate of drug-likeness (QED) is 0.882. The molecule has 4 nitrogen and oxygen atoms in total. The van der Waals surface area contributed by atoms with Gasteiger partial charge in [0.2, 0.25) is 5.76 Å². The molecular weight excluding hydrogens is 254 g/mol. The maximum Gasteiger partial charge on any atom is 0.371 e. The summed E-state index contributed by atoms with van der Waals surface area (Å²) < 4.78 is 5.21. The van der Waals surface area contributed by atoms with Crippen LogP contribution in [0.3, 0.4) is 0 Å². The largest absolute Gasteiger partial charge is 0.475 e. The van der Waals surface area contributed by atoms with Crippen LogP contribution in [-0.4, -0.2) is 11.1 Å². The van der Waals surface area contributed by atoms with E-state index in [0.717, 1.165) is 5.69 Å². The van der Waals surface area contributed by atoms with Crippen molar-refractivity contribution < 1.29 is 14.3 Å². The van der Waals surface area contributed by atoms with Crippen LogP contribution in [0.25, 0.3) is 0 Å². The van der Waals surface area contributed by atoms with Crippen LogP contribution >= 0.6 is 11.6 Å². The van der Waals surface area contributed by atoms with E-state index in [2.05, 4.69) is 5.32 Å². The number of hydrogen-bond donors (Lipinski definition) is 2. The molecule has 18 heavy (non-hydrogen) atoms. The lowest BCUT2D eigenvalue weighted by molar-refractivity contribution is 0.0660. The fraction of sp³-hybridized carbons (Fsp3) is 0.154. The Bertz CT molecular complexity index is 565. The maximum atomic E-state index is 10.7. The molecule has 5 heteroatoms. The zero-order valence-electron chi connectivity index (χ0n) is 9.68. The Morgan fingerprint density at radius 1 is 1.33 bits per heavy atom. The minimum atomic E-state index is -1.08. The summed E-state index contributed by atoms with van der Waals surface area (Å²) in [4.78, 5) is 10.7. The smallest absolute Gasteiger partial charge is 0.371 e. The molecule has 0 bridgehead atoms. The monoisotopic (exact) mass is 265 g/mol. The highest BCUT2D eigenvalue weighted by molar-refractivity contribution is 6.33. The summed E-state index contributed by atoms with van der Waals surface area (Å²) >= 11 is 6.02. The summed E-state index contributed by atoms with van der Waals surface area (Å²) in [5.41, 5.74) is 0.778. The third-order valence-corrected chi connectivity index (χ3v) is 2.84. The van der Waals surface area contributed by atoms with Gasteiger partial charge in [-0.15, -0.1) is 0 Å². The Balaban J connectivity index is 2.14. The molecule has 1 heterocycles. The van der Waals surface area contributed by atoms with E-state index in [9.17, 15) is 4.79 Å². The zero-order valence-corrected chi connectivity index (χ0v) is 10.4. The van der Waals surface area contributed by atoms with Crippen molar-refractivity contribution in [2.45, 2.75) is 13.0 Å². The van der Waals surface area contributed by atoms with Gasteiger partial charge in [-0.25, -0.2) is 4.79 Å². The highest BCUT2D eigenvalue weighted by Gasteiger charge is 2.14. The van der Waals surface area contributed by atoms with Gasteiger partial charge in [0.05, 0.1) is 16.8 Å². The first-order valence-electron chi connectivity index (χ1n) is 5.42. The Labute approximate surface area is 109 Å². The van der Waals surface area contributed by atoms with E-state index in [1.54, 1.807) is 12.1 Å². The van der Waals surface area contributed by atoms with Crippen molar-refractivity contribution >= 4 is 23.3 Å². The molecule has 0 fully saturated rings. The summed E-state index contributed by atoms with van der Waals surface area (Å²) in [5, 5.41) is 12.5. The summed E-state index contributed by atoms with van der Waals surface area (Å²) in [5.74, 6) is -0.601. The fourth-order valence-corrected chi connectivity index (χ4v) is 1.77. The van der Waals surface area contributed by atoms with Gasteiger partial charge in [0.25, 0.3) is 0 Å². The number of furan rings is 1. The van der Waals surface area contributed by atoms with Gasteiger partial charge in [-0.1, -0.05) is 23.7 Å². The van der Waals surface area contributed by atoms with E-state index >= 15 is 0 Å². The van der Waals surface area contributed by atoms with Crippen molar-refractivity contribution in [2.75, 3.05) is 5.32 Å². The van der Waals surface area contributed by atoms with E-state index in [1.807, 2.05) is 25.1 Å². The number of anilines is 1. The number of para-hydroxylation sites is 1. The molecule has 0 radical (unpaired) electrons. The summed E-state index contributed by atoms with van der Waals surface area (Å²) in [6.45, 7) is 1.87. The molecular formula is C13H12ClNO3. The van der Waals surface area contributed by atoms with Crippen molar-refractivity contribution in [3.05, 3.63) is 52.9 Å². The van der Waals surface area contributed by atoms with Crippen molar-refractivity contribution in [2.24, 2.45) is 0 Å².